The van der Waals surface area contributed by atoms with E-state index in [9.17, 15) is 4.79 Å². The number of hydrogen-bond donors (Lipinski definition) is 1. The van der Waals surface area contributed by atoms with Gasteiger partial charge in [0.2, 0.25) is 0 Å². The third-order valence-corrected chi connectivity index (χ3v) is 3.86. The van der Waals surface area contributed by atoms with Crippen molar-refractivity contribution >= 4 is 5.91 Å². The predicted octanol–water partition coefficient (Wildman–Crippen LogP) is 1.77. The Morgan fingerprint density at radius 2 is 2.00 bits per heavy atom. The van der Waals surface area contributed by atoms with Gasteiger partial charge in [-0.1, -0.05) is 6.07 Å². The van der Waals surface area contributed by atoms with Crippen LogP contribution in [0.3, 0.4) is 0 Å². The summed E-state index contributed by atoms with van der Waals surface area (Å²) in [6.45, 7) is 1.45. The van der Waals surface area contributed by atoms with Gasteiger partial charge in [0.1, 0.15) is 5.69 Å². The highest BCUT2D eigenvalue weighted by Crippen LogP contribution is 2.29. The molecule has 3 heterocycles. The average molecular weight is 298 g/mol. The minimum Gasteiger partial charge on any atom is -0.381 e. The van der Waals surface area contributed by atoms with Crippen molar-refractivity contribution in [3.05, 3.63) is 54.4 Å². The van der Waals surface area contributed by atoms with Crippen molar-refractivity contribution in [1.29, 1.82) is 0 Å². The number of hydrogen-bond acceptors (Lipinski definition) is 5. The topological polar surface area (TPSA) is 77.0 Å². The second kappa shape index (κ2) is 7.09. The maximum absolute atomic E-state index is 12.4. The van der Waals surface area contributed by atoms with Crippen molar-refractivity contribution in [2.24, 2.45) is 5.92 Å². The molecule has 1 fully saturated rings. The summed E-state index contributed by atoms with van der Waals surface area (Å²) < 4.78 is 5.42. The van der Waals surface area contributed by atoms with Crippen LogP contribution in [-0.4, -0.2) is 34.1 Å². The van der Waals surface area contributed by atoms with Crippen LogP contribution in [-0.2, 0) is 4.74 Å². The molecule has 1 aliphatic heterocycles. The predicted molar refractivity (Wildman–Crippen MR) is 80.0 cm³/mol. The number of aromatic nitrogens is 3. The van der Waals surface area contributed by atoms with Crippen LogP contribution in [0.1, 0.15) is 34.9 Å². The van der Waals surface area contributed by atoms with E-state index in [0.29, 0.717) is 11.6 Å². The Bertz CT molecular complexity index is 600. The largest absolute Gasteiger partial charge is 0.381 e. The lowest BCUT2D eigenvalue weighted by atomic mass is 9.87. The smallest absolute Gasteiger partial charge is 0.271 e. The lowest BCUT2D eigenvalue weighted by Crippen LogP contribution is -2.36. The summed E-state index contributed by atoms with van der Waals surface area (Å²) in [5.41, 5.74) is 1.33. The van der Waals surface area contributed by atoms with Crippen molar-refractivity contribution in [3.63, 3.8) is 0 Å². The lowest BCUT2D eigenvalue weighted by Gasteiger charge is -2.31. The van der Waals surface area contributed by atoms with Crippen LogP contribution in [0.15, 0.2) is 43.1 Å². The molecule has 6 heteroatoms. The Morgan fingerprint density at radius 1 is 1.18 bits per heavy atom. The van der Waals surface area contributed by atoms with E-state index < -0.39 is 0 Å². The first-order chi connectivity index (χ1) is 10.8. The molecule has 0 bridgehead atoms. The molecule has 0 aliphatic carbocycles. The zero-order valence-electron chi connectivity index (χ0n) is 12.2. The van der Waals surface area contributed by atoms with Crippen molar-refractivity contribution in [2.75, 3.05) is 13.2 Å². The molecule has 1 N–H and O–H groups in total. The third kappa shape index (κ3) is 3.46. The van der Waals surface area contributed by atoms with Gasteiger partial charge in [-0.05, 0) is 30.4 Å². The maximum Gasteiger partial charge on any atom is 0.271 e. The number of rotatable bonds is 4. The van der Waals surface area contributed by atoms with Crippen LogP contribution in [0.25, 0.3) is 0 Å². The highest BCUT2D eigenvalue weighted by molar-refractivity contribution is 5.92. The van der Waals surface area contributed by atoms with Gasteiger partial charge in [0.25, 0.3) is 5.91 Å². The van der Waals surface area contributed by atoms with Crippen LogP contribution in [0.5, 0.6) is 0 Å². The molecule has 0 saturated carbocycles. The van der Waals surface area contributed by atoms with Gasteiger partial charge >= 0.3 is 0 Å². The minimum atomic E-state index is -0.214. The maximum atomic E-state index is 12.4. The highest BCUT2D eigenvalue weighted by atomic mass is 16.5. The molecule has 1 atom stereocenters. The lowest BCUT2D eigenvalue weighted by molar-refractivity contribution is 0.0512. The SMILES string of the molecule is O=C(NC(c1cccnc1)C1CCOCC1)c1cnccn1. The van der Waals surface area contributed by atoms with Gasteiger partial charge in [0.05, 0.1) is 12.2 Å². The molecule has 22 heavy (non-hydrogen) atoms. The van der Waals surface area contributed by atoms with Gasteiger partial charge in [-0.15, -0.1) is 0 Å². The van der Waals surface area contributed by atoms with Crippen LogP contribution in [0, 0.1) is 5.92 Å². The van der Waals surface area contributed by atoms with Crippen molar-refractivity contribution < 1.29 is 9.53 Å². The fourth-order valence-corrected chi connectivity index (χ4v) is 2.71. The van der Waals surface area contributed by atoms with Gasteiger partial charge in [-0.3, -0.25) is 14.8 Å². The van der Waals surface area contributed by atoms with E-state index in [1.54, 1.807) is 18.6 Å². The molecule has 1 aliphatic rings. The molecular formula is C16H18N4O2. The van der Waals surface area contributed by atoms with Gasteiger partial charge in [0.15, 0.2) is 0 Å². The summed E-state index contributed by atoms with van der Waals surface area (Å²) in [6.07, 6.45) is 9.91. The Kier molecular flexibility index (Phi) is 4.70. The summed E-state index contributed by atoms with van der Waals surface area (Å²) in [5, 5.41) is 3.08. The molecule has 2 aromatic heterocycles. The van der Waals surface area contributed by atoms with Crippen molar-refractivity contribution in [1.82, 2.24) is 20.3 Å². The van der Waals surface area contributed by atoms with Crippen LogP contribution < -0.4 is 5.32 Å². The minimum absolute atomic E-state index is 0.0906. The Balaban J connectivity index is 1.81. The van der Waals surface area contributed by atoms with E-state index in [2.05, 4.69) is 20.3 Å². The van der Waals surface area contributed by atoms with E-state index in [0.717, 1.165) is 31.6 Å². The summed E-state index contributed by atoms with van der Waals surface area (Å²) in [6, 6.07) is 3.78. The first kappa shape index (κ1) is 14.6. The Labute approximate surface area is 129 Å². The number of nitrogens with one attached hydrogen (secondary N) is 1. The van der Waals surface area contributed by atoms with E-state index >= 15 is 0 Å². The van der Waals surface area contributed by atoms with Crippen LogP contribution in [0.4, 0.5) is 0 Å². The monoisotopic (exact) mass is 298 g/mol. The highest BCUT2D eigenvalue weighted by Gasteiger charge is 2.27. The molecule has 0 radical (unpaired) electrons. The van der Waals surface area contributed by atoms with Crippen molar-refractivity contribution in [2.45, 2.75) is 18.9 Å². The van der Waals surface area contributed by atoms with E-state index in [4.69, 9.17) is 4.74 Å². The van der Waals surface area contributed by atoms with E-state index in [1.165, 1.54) is 12.4 Å². The second-order valence-electron chi connectivity index (χ2n) is 5.28. The fraction of sp³-hybridized carbons (Fsp3) is 0.375. The molecule has 114 valence electrons. The number of carbonyl (C=O) groups excluding carboxylic acids is 1. The molecule has 1 saturated heterocycles. The summed E-state index contributed by atoms with van der Waals surface area (Å²) in [5.74, 6) is 0.118. The quantitative estimate of drug-likeness (QED) is 0.931. The van der Waals surface area contributed by atoms with Crippen molar-refractivity contribution in [3.8, 4) is 0 Å². The van der Waals surface area contributed by atoms with Gasteiger partial charge in [-0.2, -0.15) is 0 Å². The number of ether oxygens (including phenoxy) is 1. The second-order valence-corrected chi connectivity index (χ2v) is 5.28. The zero-order valence-corrected chi connectivity index (χ0v) is 12.2. The zero-order chi connectivity index (χ0) is 15.2. The molecule has 0 aromatic carbocycles. The molecule has 1 amide bonds. The fourth-order valence-electron chi connectivity index (χ4n) is 2.71. The molecule has 3 rings (SSSR count). The first-order valence-corrected chi connectivity index (χ1v) is 7.39. The Morgan fingerprint density at radius 3 is 2.68 bits per heavy atom. The van der Waals surface area contributed by atoms with Gasteiger partial charge < -0.3 is 10.1 Å². The third-order valence-electron chi connectivity index (χ3n) is 3.86. The summed E-state index contributed by atoms with van der Waals surface area (Å²) in [4.78, 5) is 24.6. The van der Waals surface area contributed by atoms with Crippen LogP contribution in [0.2, 0.25) is 0 Å². The molecular weight excluding hydrogens is 280 g/mol. The van der Waals surface area contributed by atoms with E-state index in [1.807, 2.05) is 12.1 Å². The average Bonchev–Trinajstić information content (AvgIpc) is 2.62. The summed E-state index contributed by atoms with van der Waals surface area (Å²) in [7, 11) is 0. The van der Waals surface area contributed by atoms with Crippen LogP contribution >= 0.6 is 0 Å². The molecule has 0 spiro atoms. The van der Waals surface area contributed by atoms with Gasteiger partial charge in [0, 0.05) is 38.0 Å². The number of amides is 1. The molecule has 6 nitrogen and oxygen atoms in total. The molecule has 2 aromatic rings. The number of nitrogens with zero attached hydrogens (tertiary/aromatic N) is 3. The van der Waals surface area contributed by atoms with Gasteiger partial charge in [-0.25, -0.2) is 4.98 Å². The number of carbonyl (C=O) groups is 1. The molecule has 1 unspecified atom stereocenters. The normalized spacial score (nSPS) is 16.9. The number of pyridine rings is 1. The summed E-state index contributed by atoms with van der Waals surface area (Å²) >= 11 is 0. The first-order valence-electron chi connectivity index (χ1n) is 7.39. The standard InChI is InChI=1S/C16H18N4O2/c21-16(14-11-18-6-7-19-14)20-15(12-3-8-22-9-4-12)13-2-1-5-17-10-13/h1-2,5-7,10-12,15H,3-4,8-9H2,(H,20,21). The van der Waals surface area contributed by atoms with E-state index in [-0.39, 0.29) is 11.9 Å². The Hall–Kier alpha value is -2.34.